The van der Waals surface area contributed by atoms with Crippen LogP contribution in [0.1, 0.15) is 36.9 Å². The molecule has 0 unspecified atom stereocenters. The molecule has 1 N–H and O–H groups in total. The number of nitrogens with zero attached hydrogens (tertiary/aromatic N) is 3. The summed E-state index contributed by atoms with van der Waals surface area (Å²) in [6.07, 6.45) is 4.95. The van der Waals surface area contributed by atoms with Crippen molar-refractivity contribution in [1.82, 2.24) is 14.2 Å². The predicted octanol–water partition coefficient (Wildman–Crippen LogP) is 0.624. The Hall–Kier alpha value is -1.51. The van der Waals surface area contributed by atoms with E-state index in [2.05, 4.69) is 4.98 Å². The molecule has 2 saturated heterocycles. The first kappa shape index (κ1) is 18.3. The standard InChI is InChI=1S/C17H25N3O4S/c1-13-5-6-15(18-12-13)17(22)7-10-19(11-8-17)16(21)14-4-3-9-20(14)25(2,23)24/h5-6,12,14,22H,3-4,7-11H2,1-2H3/t14-/m0/s1. The van der Waals surface area contributed by atoms with Crippen molar-refractivity contribution in [2.75, 3.05) is 25.9 Å². The van der Waals surface area contributed by atoms with Crippen LogP contribution in [0.5, 0.6) is 0 Å². The predicted molar refractivity (Wildman–Crippen MR) is 93.3 cm³/mol. The van der Waals surface area contributed by atoms with Gasteiger partial charge in [0, 0.05) is 25.8 Å². The van der Waals surface area contributed by atoms with Crippen LogP contribution in [-0.2, 0) is 20.4 Å². The molecular weight excluding hydrogens is 342 g/mol. The minimum atomic E-state index is -3.38. The van der Waals surface area contributed by atoms with E-state index in [1.165, 1.54) is 4.31 Å². The molecule has 0 aliphatic carbocycles. The maximum absolute atomic E-state index is 12.8. The molecular formula is C17H25N3O4S. The first-order valence-electron chi connectivity index (χ1n) is 8.62. The molecule has 0 bridgehead atoms. The third-order valence-electron chi connectivity index (χ3n) is 5.21. The molecule has 1 aromatic heterocycles. The quantitative estimate of drug-likeness (QED) is 0.846. The molecule has 2 aliphatic heterocycles. The molecule has 2 fully saturated rings. The van der Waals surface area contributed by atoms with E-state index in [9.17, 15) is 18.3 Å². The fraction of sp³-hybridized carbons (Fsp3) is 0.647. The Morgan fingerprint density at radius 1 is 1.28 bits per heavy atom. The van der Waals surface area contributed by atoms with Gasteiger partial charge in [-0.2, -0.15) is 4.31 Å². The Labute approximate surface area is 148 Å². The van der Waals surface area contributed by atoms with E-state index < -0.39 is 21.7 Å². The fourth-order valence-corrected chi connectivity index (χ4v) is 4.81. The van der Waals surface area contributed by atoms with E-state index in [-0.39, 0.29) is 5.91 Å². The molecule has 0 radical (unpaired) electrons. The van der Waals surface area contributed by atoms with Crippen LogP contribution in [0.2, 0.25) is 0 Å². The molecule has 1 amide bonds. The van der Waals surface area contributed by atoms with Crippen LogP contribution in [0, 0.1) is 6.92 Å². The average molecular weight is 367 g/mol. The van der Waals surface area contributed by atoms with E-state index in [1.807, 2.05) is 19.1 Å². The summed E-state index contributed by atoms with van der Waals surface area (Å²) in [6.45, 7) is 3.15. The van der Waals surface area contributed by atoms with Gasteiger partial charge >= 0.3 is 0 Å². The van der Waals surface area contributed by atoms with Crippen molar-refractivity contribution in [1.29, 1.82) is 0 Å². The second-order valence-electron chi connectivity index (χ2n) is 7.11. The highest BCUT2D eigenvalue weighted by Crippen LogP contribution is 2.33. The van der Waals surface area contributed by atoms with Crippen LogP contribution in [0.25, 0.3) is 0 Å². The molecule has 25 heavy (non-hydrogen) atoms. The minimum absolute atomic E-state index is 0.151. The molecule has 0 aromatic carbocycles. The number of piperidine rings is 1. The number of hydrogen-bond donors (Lipinski definition) is 1. The number of aromatic nitrogens is 1. The second-order valence-corrected chi connectivity index (χ2v) is 9.04. The number of aryl methyl sites for hydroxylation is 1. The van der Waals surface area contributed by atoms with Gasteiger partial charge < -0.3 is 10.0 Å². The molecule has 3 rings (SSSR count). The van der Waals surface area contributed by atoms with Gasteiger partial charge in [-0.25, -0.2) is 8.42 Å². The summed E-state index contributed by atoms with van der Waals surface area (Å²) in [7, 11) is -3.38. The third-order valence-corrected chi connectivity index (χ3v) is 6.49. The van der Waals surface area contributed by atoms with Gasteiger partial charge in [0.15, 0.2) is 0 Å². The van der Waals surface area contributed by atoms with Crippen molar-refractivity contribution in [2.24, 2.45) is 0 Å². The van der Waals surface area contributed by atoms with Crippen LogP contribution >= 0.6 is 0 Å². The van der Waals surface area contributed by atoms with E-state index >= 15 is 0 Å². The Morgan fingerprint density at radius 3 is 2.52 bits per heavy atom. The summed E-state index contributed by atoms with van der Waals surface area (Å²) in [5, 5.41) is 10.9. The molecule has 7 nitrogen and oxygen atoms in total. The second kappa shape index (κ2) is 6.66. The van der Waals surface area contributed by atoms with Gasteiger partial charge in [-0.05, 0) is 44.2 Å². The number of rotatable bonds is 3. The Kier molecular flexibility index (Phi) is 4.87. The van der Waals surface area contributed by atoms with Crippen LogP contribution in [-0.4, -0.2) is 65.6 Å². The molecule has 138 valence electrons. The normalized spacial score (nSPS) is 24.4. The summed E-state index contributed by atoms with van der Waals surface area (Å²) < 4.78 is 25.0. The SMILES string of the molecule is Cc1ccc(C2(O)CCN(C(=O)[C@@H]3CCCN3S(C)(=O)=O)CC2)nc1. The monoisotopic (exact) mass is 367 g/mol. The molecule has 1 aromatic rings. The van der Waals surface area contributed by atoms with E-state index in [0.29, 0.717) is 51.0 Å². The van der Waals surface area contributed by atoms with Crippen LogP contribution in [0.4, 0.5) is 0 Å². The fourth-order valence-electron chi connectivity index (χ4n) is 3.69. The maximum atomic E-state index is 12.8. The highest BCUT2D eigenvalue weighted by molar-refractivity contribution is 7.88. The molecule has 1 atom stereocenters. The van der Waals surface area contributed by atoms with E-state index in [4.69, 9.17) is 0 Å². The largest absolute Gasteiger partial charge is 0.383 e. The molecule has 0 spiro atoms. The number of carbonyl (C=O) groups is 1. The van der Waals surface area contributed by atoms with Crippen LogP contribution in [0.3, 0.4) is 0 Å². The first-order valence-corrected chi connectivity index (χ1v) is 10.5. The van der Waals surface area contributed by atoms with E-state index in [1.54, 1.807) is 11.1 Å². The summed E-state index contributed by atoms with van der Waals surface area (Å²) in [6, 6.07) is 3.15. The zero-order valence-electron chi connectivity index (χ0n) is 14.7. The lowest BCUT2D eigenvalue weighted by molar-refractivity contribution is -0.139. The Balaban J connectivity index is 1.67. The van der Waals surface area contributed by atoms with Gasteiger partial charge in [0.25, 0.3) is 0 Å². The number of sulfonamides is 1. The van der Waals surface area contributed by atoms with Crippen molar-refractivity contribution in [3.63, 3.8) is 0 Å². The smallest absolute Gasteiger partial charge is 0.241 e. The zero-order chi connectivity index (χ0) is 18.2. The van der Waals surface area contributed by atoms with Crippen LogP contribution < -0.4 is 0 Å². The van der Waals surface area contributed by atoms with Crippen molar-refractivity contribution < 1.29 is 18.3 Å². The number of hydrogen-bond acceptors (Lipinski definition) is 5. The number of carbonyl (C=O) groups excluding carboxylic acids is 1. The number of pyridine rings is 1. The van der Waals surface area contributed by atoms with Gasteiger partial charge in [-0.1, -0.05) is 6.07 Å². The van der Waals surface area contributed by atoms with Crippen molar-refractivity contribution in [3.8, 4) is 0 Å². The van der Waals surface area contributed by atoms with Gasteiger partial charge in [0.05, 0.1) is 11.9 Å². The summed E-state index contributed by atoms with van der Waals surface area (Å²) in [4.78, 5) is 18.8. The first-order chi connectivity index (χ1) is 11.7. The topological polar surface area (TPSA) is 90.8 Å². The van der Waals surface area contributed by atoms with Crippen molar-refractivity contribution >= 4 is 15.9 Å². The molecule has 3 heterocycles. The maximum Gasteiger partial charge on any atom is 0.241 e. The van der Waals surface area contributed by atoms with Crippen LogP contribution in [0.15, 0.2) is 18.3 Å². The van der Waals surface area contributed by atoms with Crippen molar-refractivity contribution in [2.45, 2.75) is 44.2 Å². The molecule has 8 heteroatoms. The van der Waals surface area contributed by atoms with Gasteiger partial charge in [-0.3, -0.25) is 9.78 Å². The summed E-state index contributed by atoms with van der Waals surface area (Å²) in [5.74, 6) is -0.151. The highest BCUT2D eigenvalue weighted by Gasteiger charge is 2.42. The van der Waals surface area contributed by atoms with Gasteiger partial charge in [-0.15, -0.1) is 0 Å². The lowest BCUT2D eigenvalue weighted by atomic mass is 9.87. The van der Waals surface area contributed by atoms with Gasteiger partial charge in [0.1, 0.15) is 11.6 Å². The third kappa shape index (κ3) is 3.70. The van der Waals surface area contributed by atoms with E-state index in [0.717, 1.165) is 11.8 Å². The number of amides is 1. The zero-order valence-corrected chi connectivity index (χ0v) is 15.5. The molecule has 2 aliphatic rings. The minimum Gasteiger partial charge on any atom is -0.383 e. The lowest BCUT2D eigenvalue weighted by Gasteiger charge is -2.39. The number of aliphatic hydroxyl groups is 1. The Bertz CT molecular complexity index is 740. The molecule has 0 saturated carbocycles. The van der Waals surface area contributed by atoms with Crippen molar-refractivity contribution in [3.05, 3.63) is 29.6 Å². The number of likely N-dealkylation sites (tertiary alicyclic amines) is 1. The Morgan fingerprint density at radius 2 is 1.96 bits per heavy atom. The summed E-state index contributed by atoms with van der Waals surface area (Å²) in [5.41, 5.74) is 0.627. The summed E-state index contributed by atoms with van der Waals surface area (Å²) >= 11 is 0. The lowest BCUT2D eigenvalue weighted by Crippen LogP contribution is -2.52. The highest BCUT2D eigenvalue weighted by atomic mass is 32.2. The average Bonchev–Trinajstić information content (AvgIpc) is 3.05. The van der Waals surface area contributed by atoms with Gasteiger partial charge in [0.2, 0.25) is 15.9 Å².